The highest BCUT2D eigenvalue weighted by molar-refractivity contribution is 7.80. The average Bonchev–Trinajstić information content (AvgIpc) is 2.49. The van der Waals surface area contributed by atoms with Gasteiger partial charge < -0.3 is 4.74 Å². The zero-order valence-electron chi connectivity index (χ0n) is 12.7. The lowest BCUT2D eigenvalue weighted by Gasteiger charge is -2.05. The van der Waals surface area contributed by atoms with Crippen molar-refractivity contribution in [1.82, 2.24) is 0 Å². The average molecular weight is 295 g/mol. The van der Waals surface area contributed by atoms with Gasteiger partial charge in [-0.1, -0.05) is 62.4 Å². The van der Waals surface area contributed by atoms with Gasteiger partial charge in [-0.15, -0.1) is 0 Å². The first kappa shape index (κ1) is 17.6. The Kier molecular flexibility index (Phi) is 11.9. The SMILES string of the molecule is SCCCCCCCCCOCCCc1ccccc1. The van der Waals surface area contributed by atoms with Crippen LogP contribution in [0.15, 0.2) is 30.3 Å². The highest BCUT2D eigenvalue weighted by Crippen LogP contribution is 2.08. The molecule has 0 aliphatic rings. The minimum atomic E-state index is 0.900. The van der Waals surface area contributed by atoms with Crippen LogP contribution in [0.25, 0.3) is 0 Å². The van der Waals surface area contributed by atoms with Gasteiger partial charge in [-0.3, -0.25) is 0 Å². The van der Waals surface area contributed by atoms with Gasteiger partial charge in [0, 0.05) is 13.2 Å². The van der Waals surface area contributed by atoms with E-state index in [0.29, 0.717) is 0 Å². The molecule has 1 nitrogen and oxygen atoms in total. The van der Waals surface area contributed by atoms with Crippen molar-refractivity contribution in [3.8, 4) is 0 Å². The first-order chi connectivity index (χ1) is 9.93. The molecule has 20 heavy (non-hydrogen) atoms. The van der Waals surface area contributed by atoms with Crippen molar-refractivity contribution < 1.29 is 4.74 Å². The summed E-state index contributed by atoms with van der Waals surface area (Å²) in [5.74, 6) is 1.04. The van der Waals surface area contributed by atoms with E-state index in [1.54, 1.807) is 0 Å². The van der Waals surface area contributed by atoms with Gasteiger partial charge in [0.25, 0.3) is 0 Å². The van der Waals surface area contributed by atoms with E-state index in [0.717, 1.165) is 31.8 Å². The Bertz CT molecular complexity index is 300. The maximum absolute atomic E-state index is 5.69. The van der Waals surface area contributed by atoms with Crippen molar-refractivity contribution >= 4 is 12.6 Å². The van der Waals surface area contributed by atoms with E-state index in [2.05, 4.69) is 43.0 Å². The Hall–Kier alpha value is -0.470. The van der Waals surface area contributed by atoms with Crippen LogP contribution in [0, 0.1) is 0 Å². The normalized spacial score (nSPS) is 10.8. The molecule has 0 spiro atoms. The number of hydrogen-bond donors (Lipinski definition) is 1. The standard InChI is InChI=1S/C18H30OS/c20-17-10-5-3-1-2-4-9-15-19-16-11-14-18-12-7-6-8-13-18/h6-8,12-13,20H,1-5,9-11,14-17H2. The minimum absolute atomic E-state index is 0.900. The molecule has 0 bridgehead atoms. The fraction of sp³-hybridized carbons (Fsp3) is 0.667. The Balaban J connectivity index is 1.77. The third-order valence-electron chi connectivity index (χ3n) is 3.54. The molecule has 114 valence electrons. The lowest BCUT2D eigenvalue weighted by Crippen LogP contribution is -1.98. The van der Waals surface area contributed by atoms with Crippen molar-refractivity contribution in [1.29, 1.82) is 0 Å². The van der Waals surface area contributed by atoms with E-state index in [1.807, 2.05) is 0 Å². The highest BCUT2D eigenvalue weighted by atomic mass is 32.1. The van der Waals surface area contributed by atoms with Gasteiger partial charge in [0.15, 0.2) is 0 Å². The van der Waals surface area contributed by atoms with Crippen molar-refractivity contribution in [2.24, 2.45) is 0 Å². The second kappa shape index (κ2) is 13.5. The van der Waals surface area contributed by atoms with Gasteiger partial charge >= 0.3 is 0 Å². The van der Waals surface area contributed by atoms with Crippen molar-refractivity contribution in [2.45, 2.75) is 57.8 Å². The third kappa shape index (κ3) is 10.3. The van der Waals surface area contributed by atoms with Crippen LogP contribution < -0.4 is 0 Å². The molecule has 0 amide bonds. The molecule has 0 aliphatic heterocycles. The lowest BCUT2D eigenvalue weighted by atomic mass is 10.1. The predicted molar refractivity (Wildman–Crippen MR) is 91.8 cm³/mol. The first-order valence-electron chi connectivity index (χ1n) is 8.16. The van der Waals surface area contributed by atoms with E-state index in [4.69, 9.17) is 4.74 Å². The second-order valence-corrected chi connectivity index (χ2v) is 5.85. The summed E-state index contributed by atoms with van der Waals surface area (Å²) in [6, 6.07) is 10.7. The summed E-state index contributed by atoms with van der Waals surface area (Å²) in [7, 11) is 0. The number of benzene rings is 1. The molecule has 0 atom stereocenters. The van der Waals surface area contributed by atoms with E-state index in [9.17, 15) is 0 Å². The molecule has 0 aromatic heterocycles. The van der Waals surface area contributed by atoms with E-state index >= 15 is 0 Å². The smallest absolute Gasteiger partial charge is 0.0469 e. The van der Waals surface area contributed by atoms with Crippen molar-refractivity contribution in [3.63, 3.8) is 0 Å². The number of aryl methyl sites for hydroxylation is 1. The summed E-state index contributed by atoms with van der Waals surface area (Å²) in [5, 5.41) is 0. The van der Waals surface area contributed by atoms with Crippen LogP contribution in [0.3, 0.4) is 0 Å². The van der Waals surface area contributed by atoms with E-state index in [-0.39, 0.29) is 0 Å². The van der Waals surface area contributed by atoms with Crippen LogP contribution in [0.5, 0.6) is 0 Å². The maximum Gasteiger partial charge on any atom is 0.0469 e. The van der Waals surface area contributed by atoms with Crippen LogP contribution in [0.2, 0.25) is 0 Å². The Morgan fingerprint density at radius 1 is 0.700 bits per heavy atom. The van der Waals surface area contributed by atoms with Crippen LogP contribution in [-0.2, 0) is 11.2 Å². The van der Waals surface area contributed by atoms with Gasteiger partial charge in [-0.25, -0.2) is 0 Å². The molecule has 1 aromatic rings. The Morgan fingerprint density at radius 2 is 1.30 bits per heavy atom. The zero-order chi connectivity index (χ0) is 14.3. The summed E-state index contributed by atoms with van der Waals surface area (Å²) in [4.78, 5) is 0. The predicted octanol–water partition coefficient (Wildman–Crippen LogP) is 5.30. The molecule has 0 saturated heterocycles. The molecular weight excluding hydrogens is 264 g/mol. The minimum Gasteiger partial charge on any atom is -0.381 e. The van der Waals surface area contributed by atoms with Gasteiger partial charge in [-0.2, -0.15) is 12.6 Å². The Morgan fingerprint density at radius 3 is 2.00 bits per heavy atom. The summed E-state index contributed by atoms with van der Waals surface area (Å²) < 4.78 is 5.69. The maximum atomic E-state index is 5.69. The molecule has 2 heteroatoms. The van der Waals surface area contributed by atoms with Gasteiger partial charge in [-0.05, 0) is 37.0 Å². The molecule has 0 fully saturated rings. The van der Waals surface area contributed by atoms with Crippen LogP contribution in [0.1, 0.15) is 56.9 Å². The summed E-state index contributed by atoms with van der Waals surface area (Å²) in [5.41, 5.74) is 1.41. The largest absolute Gasteiger partial charge is 0.381 e. The van der Waals surface area contributed by atoms with E-state index < -0.39 is 0 Å². The van der Waals surface area contributed by atoms with Gasteiger partial charge in [0.05, 0.1) is 0 Å². The monoisotopic (exact) mass is 294 g/mol. The molecule has 0 saturated carbocycles. The molecule has 1 aromatic carbocycles. The van der Waals surface area contributed by atoms with Gasteiger partial charge in [0.1, 0.15) is 0 Å². The number of thiol groups is 1. The number of hydrogen-bond acceptors (Lipinski definition) is 2. The third-order valence-corrected chi connectivity index (χ3v) is 3.86. The van der Waals surface area contributed by atoms with Crippen LogP contribution in [-0.4, -0.2) is 19.0 Å². The molecular formula is C18H30OS. The van der Waals surface area contributed by atoms with Crippen LogP contribution in [0.4, 0.5) is 0 Å². The summed E-state index contributed by atoms with van der Waals surface area (Å²) >= 11 is 4.23. The fourth-order valence-corrected chi connectivity index (χ4v) is 2.55. The molecule has 0 heterocycles. The zero-order valence-corrected chi connectivity index (χ0v) is 13.6. The molecule has 0 aliphatic carbocycles. The molecule has 0 radical (unpaired) electrons. The quantitative estimate of drug-likeness (QED) is 0.384. The van der Waals surface area contributed by atoms with Crippen molar-refractivity contribution in [2.75, 3.05) is 19.0 Å². The first-order valence-corrected chi connectivity index (χ1v) is 8.79. The molecule has 0 unspecified atom stereocenters. The topological polar surface area (TPSA) is 9.23 Å². The van der Waals surface area contributed by atoms with Crippen LogP contribution >= 0.6 is 12.6 Å². The summed E-state index contributed by atoms with van der Waals surface area (Å²) in [6.45, 7) is 1.84. The number of ether oxygens (including phenoxy) is 1. The lowest BCUT2D eigenvalue weighted by molar-refractivity contribution is 0.127. The molecule has 1 rings (SSSR count). The van der Waals surface area contributed by atoms with Gasteiger partial charge in [0.2, 0.25) is 0 Å². The number of rotatable bonds is 13. The second-order valence-electron chi connectivity index (χ2n) is 5.40. The molecule has 0 N–H and O–H groups in total. The number of unbranched alkanes of at least 4 members (excludes halogenated alkanes) is 6. The summed E-state index contributed by atoms with van der Waals surface area (Å²) in [6.07, 6.45) is 11.5. The van der Waals surface area contributed by atoms with Crippen molar-refractivity contribution in [3.05, 3.63) is 35.9 Å². The fourth-order valence-electron chi connectivity index (χ4n) is 2.32. The highest BCUT2D eigenvalue weighted by Gasteiger charge is 1.94. The van der Waals surface area contributed by atoms with E-state index in [1.165, 1.54) is 50.5 Å². The Labute approximate surface area is 130 Å².